The first-order chi connectivity index (χ1) is 8.63. The highest BCUT2D eigenvalue weighted by Crippen LogP contribution is 2.26. The van der Waals surface area contributed by atoms with E-state index in [2.05, 4.69) is 5.32 Å². The molecule has 0 spiro atoms. The van der Waals surface area contributed by atoms with Gasteiger partial charge in [0.1, 0.15) is 5.82 Å². The third-order valence-corrected chi connectivity index (χ3v) is 3.27. The molecule has 0 radical (unpaired) electrons. The number of benzene rings is 1. The van der Waals surface area contributed by atoms with E-state index in [1.807, 2.05) is 11.8 Å². The summed E-state index contributed by atoms with van der Waals surface area (Å²) in [5, 5.41) is 2.88. The monoisotopic (exact) mass is 250 g/mol. The Labute approximate surface area is 107 Å². The highest BCUT2D eigenvalue weighted by molar-refractivity contribution is 5.81. The molecule has 18 heavy (non-hydrogen) atoms. The molecule has 0 aliphatic heterocycles. The number of hydrogen-bond acceptors (Lipinski definition) is 2. The lowest BCUT2D eigenvalue weighted by molar-refractivity contribution is -0.129. The zero-order valence-electron chi connectivity index (χ0n) is 10.9. The molecule has 1 amide bonds. The first kappa shape index (κ1) is 12.9. The average Bonchev–Trinajstić information content (AvgIpc) is 3.16. The number of carbonyl (C=O) groups excluding carboxylic acids is 1. The predicted molar refractivity (Wildman–Crippen MR) is 70.0 cm³/mol. The maximum Gasteiger partial charge on any atom is 0.242 e. The number of nitrogens with one attached hydrogen (secondary N) is 1. The van der Waals surface area contributed by atoms with Gasteiger partial charge in [-0.25, -0.2) is 4.39 Å². The highest BCUT2D eigenvalue weighted by atomic mass is 19.1. The van der Waals surface area contributed by atoms with Gasteiger partial charge in [-0.1, -0.05) is 12.1 Å². The highest BCUT2D eigenvalue weighted by Gasteiger charge is 2.30. The molecular weight excluding hydrogens is 231 g/mol. The van der Waals surface area contributed by atoms with Crippen molar-refractivity contribution < 1.29 is 9.18 Å². The van der Waals surface area contributed by atoms with Gasteiger partial charge in [-0.3, -0.25) is 4.79 Å². The number of carbonyl (C=O) groups is 1. The smallest absolute Gasteiger partial charge is 0.242 e. The van der Waals surface area contributed by atoms with Crippen LogP contribution in [0.3, 0.4) is 0 Å². The second-order valence-electron chi connectivity index (χ2n) is 4.70. The quantitative estimate of drug-likeness (QED) is 0.871. The van der Waals surface area contributed by atoms with Crippen molar-refractivity contribution in [2.75, 3.05) is 18.4 Å². The zero-order valence-corrected chi connectivity index (χ0v) is 10.9. The Morgan fingerprint density at radius 1 is 1.50 bits per heavy atom. The van der Waals surface area contributed by atoms with E-state index in [0.717, 1.165) is 19.4 Å². The van der Waals surface area contributed by atoms with E-state index in [-0.39, 0.29) is 18.3 Å². The molecule has 1 aliphatic rings. The van der Waals surface area contributed by atoms with Crippen LogP contribution in [0.4, 0.5) is 10.1 Å². The second kappa shape index (κ2) is 5.38. The fourth-order valence-corrected chi connectivity index (χ4v) is 2.08. The van der Waals surface area contributed by atoms with Crippen LogP contribution in [0.15, 0.2) is 18.2 Å². The van der Waals surface area contributed by atoms with Crippen LogP contribution in [0.5, 0.6) is 0 Å². The van der Waals surface area contributed by atoms with Gasteiger partial charge >= 0.3 is 0 Å². The van der Waals surface area contributed by atoms with Crippen LogP contribution in [0, 0.1) is 12.7 Å². The molecule has 0 atom stereocenters. The van der Waals surface area contributed by atoms with Crippen LogP contribution in [-0.4, -0.2) is 29.9 Å². The summed E-state index contributed by atoms with van der Waals surface area (Å²) < 4.78 is 13.7. The summed E-state index contributed by atoms with van der Waals surface area (Å²) in [7, 11) is 0. The standard InChI is InChI=1S/C14H19FN2O/c1-3-17(11-7-8-11)13(18)9-16-12-6-4-5-10(2)14(12)15/h4-6,11,16H,3,7-9H2,1-2H3. The lowest BCUT2D eigenvalue weighted by atomic mass is 10.2. The van der Waals surface area contributed by atoms with E-state index in [0.29, 0.717) is 17.3 Å². The normalized spacial score (nSPS) is 14.4. The summed E-state index contributed by atoms with van der Waals surface area (Å²) >= 11 is 0. The van der Waals surface area contributed by atoms with Crippen LogP contribution in [-0.2, 0) is 4.79 Å². The maximum absolute atomic E-state index is 13.7. The van der Waals surface area contributed by atoms with E-state index < -0.39 is 0 Å². The molecule has 2 rings (SSSR count). The average molecular weight is 250 g/mol. The summed E-state index contributed by atoms with van der Waals surface area (Å²) in [6, 6.07) is 5.56. The predicted octanol–water partition coefficient (Wildman–Crippen LogP) is 2.56. The van der Waals surface area contributed by atoms with Gasteiger partial charge in [0.25, 0.3) is 0 Å². The SMILES string of the molecule is CCN(C(=O)CNc1cccc(C)c1F)C1CC1. The van der Waals surface area contributed by atoms with Crippen LogP contribution in [0.1, 0.15) is 25.3 Å². The second-order valence-corrected chi connectivity index (χ2v) is 4.70. The molecular formula is C14H19FN2O. The van der Waals surface area contributed by atoms with Gasteiger partial charge in [0.15, 0.2) is 0 Å². The van der Waals surface area contributed by atoms with Crippen LogP contribution >= 0.6 is 0 Å². The lowest BCUT2D eigenvalue weighted by Gasteiger charge is -2.21. The number of rotatable bonds is 5. The van der Waals surface area contributed by atoms with E-state index in [1.54, 1.807) is 25.1 Å². The number of aryl methyl sites for hydroxylation is 1. The van der Waals surface area contributed by atoms with Gasteiger partial charge in [0.05, 0.1) is 12.2 Å². The van der Waals surface area contributed by atoms with Crippen molar-refractivity contribution in [3.05, 3.63) is 29.6 Å². The Morgan fingerprint density at radius 3 is 2.83 bits per heavy atom. The minimum Gasteiger partial charge on any atom is -0.374 e. The molecule has 3 nitrogen and oxygen atoms in total. The van der Waals surface area contributed by atoms with Gasteiger partial charge in [-0.2, -0.15) is 0 Å². The van der Waals surface area contributed by atoms with Crippen molar-refractivity contribution in [2.24, 2.45) is 0 Å². The van der Waals surface area contributed by atoms with Crippen molar-refractivity contribution >= 4 is 11.6 Å². The summed E-state index contributed by atoms with van der Waals surface area (Å²) in [6.45, 7) is 4.57. The molecule has 1 aromatic carbocycles. The fourth-order valence-electron chi connectivity index (χ4n) is 2.08. The topological polar surface area (TPSA) is 32.3 Å². The molecule has 0 aromatic heterocycles. The van der Waals surface area contributed by atoms with Crippen molar-refractivity contribution in [1.29, 1.82) is 0 Å². The van der Waals surface area contributed by atoms with Crippen LogP contribution < -0.4 is 5.32 Å². The van der Waals surface area contributed by atoms with Crippen molar-refractivity contribution in [2.45, 2.75) is 32.7 Å². The number of anilines is 1. The minimum absolute atomic E-state index is 0.0425. The van der Waals surface area contributed by atoms with E-state index in [9.17, 15) is 9.18 Å². The van der Waals surface area contributed by atoms with Gasteiger partial charge < -0.3 is 10.2 Å². The van der Waals surface area contributed by atoms with E-state index >= 15 is 0 Å². The van der Waals surface area contributed by atoms with Crippen LogP contribution in [0.2, 0.25) is 0 Å². The fraction of sp³-hybridized carbons (Fsp3) is 0.500. The molecule has 0 bridgehead atoms. The van der Waals surface area contributed by atoms with E-state index in [1.165, 1.54) is 0 Å². The first-order valence-corrected chi connectivity index (χ1v) is 6.42. The number of amides is 1. The Balaban J connectivity index is 1.94. The molecule has 4 heteroatoms. The Kier molecular flexibility index (Phi) is 3.84. The Bertz CT molecular complexity index is 443. The lowest BCUT2D eigenvalue weighted by Crippen LogP contribution is -2.37. The van der Waals surface area contributed by atoms with Crippen molar-refractivity contribution in [3.63, 3.8) is 0 Å². The largest absolute Gasteiger partial charge is 0.374 e. The summed E-state index contributed by atoms with van der Waals surface area (Å²) in [6.07, 6.45) is 2.19. The molecule has 1 fully saturated rings. The van der Waals surface area contributed by atoms with Crippen molar-refractivity contribution in [3.8, 4) is 0 Å². The first-order valence-electron chi connectivity index (χ1n) is 6.42. The molecule has 1 aliphatic carbocycles. The molecule has 0 unspecified atom stereocenters. The third-order valence-electron chi connectivity index (χ3n) is 3.27. The summed E-state index contributed by atoms with van der Waals surface area (Å²) in [5.41, 5.74) is 0.984. The van der Waals surface area contributed by atoms with Gasteiger partial charge in [-0.05, 0) is 38.3 Å². The third kappa shape index (κ3) is 2.81. The maximum atomic E-state index is 13.7. The van der Waals surface area contributed by atoms with Gasteiger partial charge in [0, 0.05) is 12.6 Å². The number of nitrogens with zero attached hydrogens (tertiary/aromatic N) is 1. The van der Waals surface area contributed by atoms with E-state index in [4.69, 9.17) is 0 Å². The molecule has 0 saturated heterocycles. The molecule has 0 heterocycles. The number of halogens is 1. The zero-order chi connectivity index (χ0) is 13.1. The van der Waals surface area contributed by atoms with Crippen LogP contribution in [0.25, 0.3) is 0 Å². The van der Waals surface area contributed by atoms with Crippen molar-refractivity contribution in [1.82, 2.24) is 4.90 Å². The molecule has 1 N–H and O–H groups in total. The number of hydrogen-bond donors (Lipinski definition) is 1. The molecule has 1 aromatic rings. The summed E-state index contributed by atoms with van der Waals surface area (Å²) in [5.74, 6) is -0.235. The Morgan fingerprint density at radius 2 is 2.22 bits per heavy atom. The Hall–Kier alpha value is -1.58. The van der Waals surface area contributed by atoms with Gasteiger partial charge in [0.2, 0.25) is 5.91 Å². The number of likely N-dealkylation sites (N-methyl/N-ethyl adjacent to an activating group) is 1. The summed E-state index contributed by atoms with van der Waals surface area (Å²) in [4.78, 5) is 13.8. The molecule has 98 valence electrons. The minimum atomic E-state index is -0.278. The van der Waals surface area contributed by atoms with Gasteiger partial charge in [-0.15, -0.1) is 0 Å². The molecule has 1 saturated carbocycles.